The molecule has 1 saturated carbocycles. The molecule has 0 spiro atoms. The average Bonchev–Trinajstić information content (AvgIpc) is 3.16. The Morgan fingerprint density at radius 3 is 2.52 bits per heavy atom. The first kappa shape index (κ1) is 17.0. The van der Waals surface area contributed by atoms with Crippen molar-refractivity contribution in [3.8, 4) is 0 Å². The molecular formula is C12H22F3N3O2S. The number of nitrogens with one attached hydrogen (secondary N) is 2. The molecule has 2 fully saturated rings. The predicted octanol–water partition coefficient (Wildman–Crippen LogP) is 1.24. The number of nitrogens with zero attached hydrogens (tertiary/aromatic N) is 1. The predicted molar refractivity (Wildman–Crippen MR) is 72.9 cm³/mol. The maximum absolute atomic E-state index is 12.9. The van der Waals surface area contributed by atoms with Crippen LogP contribution in [0.2, 0.25) is 0 Å². The minimum atomic E-state index is -4.53. The van der Waals surface area contributed by atoms with E-state index in [1.165, 1.54) is 0 Å². The lowest BCUT2D eigenvalue weighted by molar-refractivity contribution is -0.161. The standard InChI is InChI=1S/C12H22F3N3O2S/c1-2-16-8-10-4-3-7-18(9-10)21(19,20)17-11(5-6-11)12(13,14)15/h10,16-17H,2-9H2,1H3. The Morgan fingerprint density at radius 2 is 2.00 bits per heavy atom. The van der Waals surface area contributed by atoms with E-state index >= 15 is 0 Å². The molecule has 0 aromatic carbocycles. The van der Waals surface area contributed by atoms with Crippen LogP contribution in [0.4, 0.5) is 13.2 Å². The minimum absolute atomic E-state index is 0.149. The third kappa shape index (κ3) is 3.88. The van der Waals surface area contributed by atoms with Gasteiger partial charge < -0.3 is 5.32 Å². The Kier molecular flexibility index (Phi) is 4.87. The van der Waals surface area contributed by atoms with Gasteiger partial charge >= 0.3 is 6.18 Å². The van der Waals surface area contributed by atoms with Crippen molar-refractivity contribution in [2.45, 2.75) is 44.3 Å². The molecule has 0 aromatic heterocycles. The summed E-state index contributed by atoms with van der Waals surface area (Å²) in [5.41, 5.74) is -2.24. The molecule has 2 aliphatic rings. The number of piperidine rings is 1. The molecule has 0 amide bonds. The number of alkyl halides is 3. The van der Waals surface area contributed by atoms with Crippen molar-refractivity contribution in [1.29, 1.82) is 0 Å². The first-order valence-electron chi connectivity index (χ1n) is 7.27. The van der Waals surface area contributed by atoms with E-state index in [1.54, 1.807) is 0 Å². The van der Waals surface area contributed by atoms with Crippen LogP contribution >= 0.6 is 0 Å². The minimum Gasteiger partial charge on any atom is -0.317 e. The van der Waals surface area contributed by atoms with E-state index in [9.17, 15) is 21.6 Å². The van der Waals surface area contributed by atoms with Gasteiger partial charge in [0.1, 0.15) is 5.54 Å². The van der Waals surface area contributed by atoms with E-state index in [0.717, 1.165) is 17.3 Å². The van der Waals surface area contributed by atoms with Crippen molar-refractivity contribution in [2.75, 3.05) is 26.2 Å². The highest BCUT2D eigenvalue weighted by Crippen LogP contribution is 2.49. The molecule has 1 heterocycles. The van der Waals surface area contributed by atoms with Crippen molar-refractivity contribution in [1.82, 2.24) is 14.3 Å². The van der Waals surface area contributed by atoms with Crippen molar-refractivity contribution >= 4 is 10.2 Å². The lowest BCUT2D eigenvalue weighted by Crippen LogP contribution is -2.55. The first-order chi connectivity index (χ1) is 9.70. The smallest absolute Gasteiger partial charge is 0.317 e. The summed E-state index contributed by atoms with van der Waals surface area (Å²) in [6.45, 7) is 3.99. The SMILES string of the molecule is CCNCC1CCCN(S(=O)(=O)NC2(C(F)(F)F)CC2)C1. The van der Waals surface area contributed by atoms with Crippen LogP contribution in [-0.2, 0) is 10.2 Å². The zero-order valence-electron chi connectivity index (χ0n) is 12.0. The monoisotopic (exact) mass is 329 g/mol. The van der Waals surface area contributed by atoms with Gasteiger partial charge in [-0.15, -0.1) is 0 Å². The Hall–Kier alpha value is -0.380. The molecule has 1 unspecified atom stereocenters. The third-order valence-electron chi connectivity index (χ3n) is 4.12. The summed E-state index contributed by atoms with van der Waals surface area (Å²) in [6.07, 6.45) is -3.31. The average molecular weight is 329 g/mol. The zero-order chi connectivity index (χ0) is 15.7. The number of hydrogen-bond donors (Lipinski definition) is 2. The fourth-order valence-electron chi connectivity index (χ4n) is 2.64. The van der Waals surface area contributed by atoms with E-state index in [2.05, 4.69) is 5.32 Å². The van der Waals surface area contributed by atoms with Crippen LogP contribution in [0.5, 0.6) is 0 Å². The van der Waals surface area contributed by atoms with E-state index in [1.807, 2.05) is 11.6 Å². The molecule has 21 heavy (non-hydrogen) atoms. The van der Waals surface area contributed by atoms with Crippen LogP contribution in [-0.4, -0.2) is 50.6 Å². The van der Waals surface area contributed by atoms with Crippen LogP contribution in [0, 0.1) is 5.92 Å². The van der Waals surface area contributed by atoms with Crippen molar-refractivity contribution in [3.05, 3.63) is 0 Å². The maximum atomic E-state index is 12.9. The second kappa shape index (κ2) is 6.02. The van der Waals surface area contributed by atoms with E-state index < -0.39 is 21.9 Å². The van der Waals surface area contributed by atoms with Crippen LogP contribution in [0.15, 0.2) is 0 Å². The van der Waals surface area contributed by atoms with Gasteiger partial charge in [0.2, 0.25) is 0 Å². The molecule has 9 heteroatoms. The van der Waals surface area contributed by atoms with Gasteiger partial charge in [0, 0.05) is 13.1 Å². The Balaban J connectivity index is 1.99. The highest BCUT2D eigenvalue weighted by molar-refractivity contribution is 7.87. The van der Waals surface area contributed by atoms with Crippen LogP contribution < -0.4 is 10.0 Å². The van der Waals surface area contributed by atoms with Crippen LogP contribution in [0.1, 0.15) is 32.6 Å². The second-order valence-electron chi connectivity index (χ2n) is 5.86. The summed E-state index contributed by atoms with van der Waals surface area (Å²) in [7, 11) is -4.08. The van der Waals surface area contributed by atoms with Gasteiger partial charge in [-0.25, -0.2) is 0 Å². The Labute approximate surface area is 123 Å². The van der Waals surface area contributed by atoms with Crippen LogP contribution in [0.3, 0.4) is 0 Å². The maximum Gasteiger partial charge on any atom is 0.407 e. The summed E-state index contributed by atoms with van der Waals surface area (Å²) in [5, 5.41) is 3.15. The van der Waals surface area contributed by atoms with Gasteiger partial charge in [-0.2, -0.15) is 30.6 Å². The molecule has 1 aliphatic carbocycles. The van der Waals surface area contributed by atoms with E-state index in [4.69, 9.17) is 0 Å². The van der Waals surface area contributed by atoms with Crippen molar-refractivity contribution in [2.24, 2.45) is 5.92 Å². The Morgan fingerprint density at radius 1 is 1.33 bits per heavy atom. The number of halogens is 3. The summed E-state index contributed by atoms with van der Waals surface area (Å²) < 4.78 is 66.1. The highest BCUT2D eigenvalue weighted by atomic mass is 32.2. The molecule has 0 bridgehead atoms. The summed E-state index contributed by atoms with van der Waals surface area (Å²) in [5.74, 6) is 0.149. The molecule has 124 valence electrons. The molecule has 1 saturated heterocycles. The van der Waals surface area contributed by atoms with E-state index in [-0.39, 0.29) is 31.8 Å². The molecule has 0 aromatic rings. The van der Waals surface area contributed by atoms with Gasteiger partial charge in [0.05, 0.1) is 0 Å². The van der Waals surface area contributed by atoms with Crippen molar-refractivity contribution in [3.63, 3.8) is 0 Å². The van der Waals surface area contributed by atoms with Gasteiger partial charge in [-0.1, -0.05) is 6.92 Å². The van der Waals surface area contributed by atoms with Crippen molar-refractivity contribution < 1.29 is 21.6 Å². The first-order valence-corrected chi connectivity index (χ1v) is 8.71. The quantitative estimate of drug-likeness (QED) is 0.771. The van der Waals surface area contributed by atoms with Gasteiger partial charge in [-0.3, -0.25) is 0 Å². The topological polar surface area (TPSA) is 61.4 Å². The second-order valence-corrected chi connectivity index (χ2v) is 7.53. The zero-order valence-corrected chi connectivity index (χ0v) is 12.9. The normalized spacial score (nSPS) is 26.8. The molecule has 1 aliphatic heterocycles. The highest BCUT2D eigenvalue weighted by Gasteiger charge is 2.65. The van der Waals surface area contributed by atoms with Crippen LogP contribution in [0.25, 0.3) is 0 Å². The molecule has 0 radical (unpaired) electrons. The van der Waals surface area contributed by atoms with Gasteiger partial charge in [0.15, 0.2) is 0 Å². The molecule has 2 N–H and O–H groups in total. The van der Waals surface area contributed by atoms with Gasteiger partial charge in [0.25, 0.3) is 10.2 Å². The number of rotatable bonds is 6. The third-order valence-corrected chi connectivity index (χ3v) is 5.78. The Bertz CT molecular complexity index is 463. The summed E-state index contributed by atoms with van der Waals surface area (Å²) >= 11 is 0. The summed E-state index contributed by atoms with van der Waals surface area (Å²) in [4.78, 5) is 0. The molecule has 2 rings (SSSR count). The lowest BCUT2D eigenvalue weighted by Gasteiger charge is -2.33. The molecule has 5 nitrogen and oxygen atoms in total. The summed E-state index contributed by atoms with van der Waals surface area (Å²) in [6, 6.07) is 0. The lowest BCUT2D eigenvalue weighted by atomic mass is 10.00. The van der Waals surface area contributed by atoms with E-state index in [0.29, 0.717) is 13.0 Å². The largest absolute Gasteiger partial charge is 0.407 e. The van der Waals surface area contributed by atoms with Gasteiger partial charge in [-0.05, 0) is 44.7 Å². The fraction of sp³-hybridized carbons (Fsp3) is 1.00. The molecular weight excluding hydrogens is 307 g/mol. The number of hydrogen-bond acceptors (Lipinski definition) is 3. The fourth-order valence-corrected chi connectivity index (χ4v) is 4.36. The molecule has 1 atom stereocenters.